The molecule has 0 bridgehead atoms. The van der Waals surface area contributed by atoms with Crippen molar-refractivity contribution >= 4 is 17.8 Å². The zero-order chi connectivity index (χ0) is 13.7. The number of carbonyl (C=O) groups excluding carboxylic acids is 2. The van der Waals surface area contributed by atoms with Gasteiger partial charge in [-0.3, -0.25) is 9.59 Å². The zero-order valence-electron chi connectivity index (χ0n) is 10.3. The van der Waals surface area contributed by atoms with Crippen molar-refractivity contribution in [3.05, 3.63) is 11.1 Å². The number of rotatable bonds is 5. The summed E-state index contributed by atoms with van der Waals surface area (Å²) in [5, 5.41) is 14.2. The molecule has 1 atom stereocenters. The lowest BCUT2D eigenvalue weighted by atomic mass is 10.0. The molecule has 0 spiro atoms. The SMILES string of the molecule is COC(=O)C[C@H](NC(=O)C(C)=C1CNC1)C(=O)O. The van der Waals surface area contributed by atoms with Gasteiger partial charge in [0.2, 0.25) is 5.91 Å². The van der Waals surface area contributed by atoms with Gasteiger partial charge in [0.1, 0.15) is 6.04 Å². The molecule has 0 aliphatic carbocycles. The molecule has 0 aromatic rings. The number of methoxy groups -OCH3 is 1. The molecule has 0 aromatic heterocycles. The van der Waals surface area contributed by atoms with Gasteiger partial charge in [0.15, 0.2) is 0 Å². The molecule has 7 heteroatoms. The van der Waals surface area contributed by atoms with Gasteiger partial charge in [-0.15, -0.1) is 0 Å². The molecule has 1 heterocycles. The number of esters is 1. The van der Waals surface area contributed by atoms with Crippen LogP contribution in [0.3, 0.4) is 0 Å². The zero-order valence-corrected chi connectivity index (χ0v) is 10.3. The fraction of sp³-hybridized carbons (Fsp3) is 0.545. The maximum atomic E-state index is 11.7. The molecule has 3 N–H and O–H groups in total. The van der Waals surface area contributed by atoms with E-state index in [2.05, 4.69) is 15.4 Å². The minimum absolute atomic E-state index is 0.390. The number of carboxylic acid groups (broad SMARTS) is 1. The Morgan fingerprint density at radius 2 is 2.06 bits per heavy atom. The smallest absolute Gasteiger partial charge is 0.326 e. The van der Waals surface area contributed by atoms with Crippen molar-refractivity contribution in [2.75, 3.05) is 20.2 Å². The summed E-state index contributed by atoms with van der Waals surface area (Å²) in [6.45, 7) is 2.89. The second kappa shape index (κ2) is 6.15. The molecule has 1 aliphatic rings. The quantitative estimate of drug-likeness (QED) is 0.432. The van der Waals surface area contributed by atoms with E-state index in [0.29, 0.717) is 18.7 Å². The molecule has 0 radical (unpaired) electrons. The number of amides is 1. The fourth-order valence-corrected chi connectivity index (χ4v) is 1.39. The summed E-state index contributed by atoms with van der Waals surface area (Å²) in [4.78, 5) is 33.7. The minimum atomic E-state index is -1.27. The Hall–Kier alpha value is -1.89. The van der Waals surface area contributed by atoms with E-state index in [1.165, 1.54) is 0 Å². The molecule has 0 unspecified atom stereocenters. The molecule has 100 valence electrons. The number of nitrogens with one attached hydrogen (secondary N) is 2. The average Bonchev–Trinajstić information content (AvgIpc) is 2.25. The first-order valence-corrected chi connectivity index (χ1v) is 5.45. The van der Waals surface area contributed by atoms with Crippen LogP contribution in [0.1, 0.15) is 13.3 Å². The maximum Gasteiger partial charge on any atom is 0.326 e. The van der Waals surface area contributed by atoms with Gasteiger partial charge in [-0.25, -0.2) is 4.79 Å². The highest BCUT2D eigenvalue weighted by molar-refractivity contribution is 5.97. The van der Waals surface area contributed by atoms with Crippen molar-refractivity contribution in [1.29, 1.82) is 0 Å². The minimum Gasteiger partial charge on any atom is -0.480 e. The third-order valence-corrected chi connectivity index (χ3v) is 2.75. The van der Waals surface area contributed by atoms with Gasteiger partial charge in [-0.05, 0) is 12.5 Å². The molecule has 1 amide bonds. The number of hydrogen-bond donors (Lipinski definition) is 3. The number of hydrogen-bond acceptors (Lipinski definition) is 5. The molecular weight excluding hydrogens is 240 g/mol. The average molecular weight is 256 g/mol. The van der Waals surface area contributed by atoms with E-state index >= 15 is 0 Å². The van der Waals surface area contributed by atoms with Gasteiger partial charge in [0, 0.05) is 18.7 Å². The van der Waals surface area contributed by atoms with Crippen LogP contribution in [0.25, 0.3) is 0 Å². The first-order chi connectivity index (χ1) is 8.45. The summed E-state index contributed by atoms with van der Waals surface area (Å²) >= 11 is 0. The van der Waals surface area contributed by atoms with E-state index in [9.17, 15) is 14.4 Å². The summed E-state index contributed by atoms with van der Waals surface area (Å²) in [6.07, 6.45) is -0.390. The third-order valence-electron chi connectivity index (χ3n) is 2.75. The van der Waals surface area contributed by atoms with Crippen molar-refractivity contribution in [3.63, 3.8) is 0 Å². The van der Waals surface area contributed by atoms with Crippen LogP contribution in [0.5, 0.6) is 0 Å². The number of carbonyl (C=O) groups is 3. The Balaban J connectivity index is 2.63. The molecule has 0 saturated carbocycles. The van der Waals surface area contributed by atoms with Crippen LogP contribution in [0.15, 0.2) is 11.1 Å². The topological polar surface area (TPSA) is 105 Å². The largest absolute Gasteiger partial charge is 0.480 e. The summed E-state index contributed by atoms with van der Waals surface area (Å²) < 4.78 is 4.38. The van der Waals surface area contributed by atoms with Gasteiger partial charge in [0.05, 0.1) is 13.5 Å². The Bertz CT molecular complexity index is 396. The van der Waals surface area contributed by atoms with E-state index in [0.717, 1.165) is 12.7 Å². The Kier molecular flexibility index (Phi) is 4.85. The van der Waals surface area contributed by atoms with Crippen LogP contribution in [-0.2, 0) is 19.1 Å². The maximum absolute atomic E-state index is 11.7. The van der Waals surface area contributed by atoms with Gasteiger partial charge in [0.25, 0.3) is 0 Å². The predicted octanol–water partition coefficient (Wildman–Crippen LogP) is -0.961. The Morgan fingerprint density at radius 3 is 2.44 bits per heavy atom. The molecular formula is C11H16N2O5. The second-order valence-electron chi connectivity index (χ2n) is 3.98. The van der Waals surface area contributed by atoms with Gasteiger partial charge < -0.3 is 20.5 Å². The molecule has 1 fully saturated rings. The van der Waals surface area contributed by atoms with Gasteiger partial charge in [-0.1, -0.05) is 0 Å². The van der Waals surface area contributed by atoms with Crippen LogP contribution in [0.4, 0.5) is 0 Å². The normalized spacial score (nSPS) is 15.3. The van der Waals surface area contributed by atoms with Crippen molar-refractivity contribution in [2.45, 2.75) is 19.4 Å². The highest BCUT2D eigenvalue weighted by Crippen LogP contribution is 2.09. The first kappa shape index (κ1) is 14.2. The number of ether oxygens (including phenoxy) is 1. The second-order valence-corrected chi connectivity index (χ2v) is 3.98. The third kappa shape index (κ3) is 3.56. The lowest BCUT2D eigenvalue weighted by Gasteiger charge is -2.22. The van der Waals surface area contributed by atoms with Crippen LogP contribution in [0.2, 0.25) is 0 Å². The molecule has 7 nitrogen and oxygen atoms in total. The van der Waals surface area contributed by atoms with Crippen molar-refractivity contribution in [2.24, 2.45) is 0 Å². The summed E-state index contributed by atoms with van der Waals surface area (Å²) in [5.41, 5.74) is 1.43. The molecule has 1 saturated heterocycles. The molecule has 18 heavy (non-hydrogen) atoms. The van der Waals surface area contributed by atoms with E-state index in [1.807, 2.05) is 0 Å². The van der Waals surface area contributed by atoms with Crippen molar-refractivity contribution in [3.8, 4) is 0 Å². The van der Waals surface area contributed by atoms with Crippen LogP contribution in [0, 0.1) is 0 Å². The van der Waals surface area contributed by atoms with E-state index < -0.39 is 30.3 Å². The van der Waals surface area contributed by atoms with Crippen molar-refractivity contribution in [1.82, 2.24) is 10.6 Å². The van der Waals surface area contributed by atoms with E-state index in [4.69, 9.17) is 5.11 Å². The lowest BCUT2D eigenvalue weighted by molar-refractivity contribution is -0.148. The van der Waals surface area contributed by atoms with E-state index in [1.54, 1.807) is 6.92 Å². The monoisotopic (exact) mass is 256 g/mol. The number of aliphatic carboxylic acids is 1. The van der Waals surface area contributed by atoms with Gasteiger partial charge >= 0.3 is 11.9 Å². The Morgan fingerprint density at radius 1 is 1.44 bits per heavy atom. The molecule has 1 rings (SSSR count). The standard InChI is InChI=1S/C11H16N2O5/c1-6(7-4-12-5-7)10(15)13-8(11(16)17)3-9(14)18-2/h8,12H,3-5H2,1-2H3,(H,13,15)(H,16,17)/t8-/m0/s1. The molecule has 1 aliphatic heterocycles. The summed E-state index contributed by atoms with van der Waals surface area (Å²) in [5.74, 6) is -2.42. The van der Waals surface area contributed by atoms with Gasteiger partial charge in [-0.2, -0.15) is 0 Å². The van der Waals surface area contributed by atoms with E-state index in [-0.39, 0.29) is 0 Å². The summed E-state index contributed by atoms with van der Waals surface area (Å²) in [7, 11) is 1.16. The molecule has 0 aromatic carbocycles. The number of carboxylic acids is 1. The lowest BCUT2D eigenvalue weighted by Crippen LogP contribution is -2.44. The highest BCUT2D eigenvalue weighted by Gasteiger charge is 2.25. The summed E-state index contributed by atoms with van der Waals surface area (Å²) in [6, 6.07) is -1.27. The van der Waals surface area contributed by atoms with Crippen molar-refractivity contribution < 1.29 is 24.2 Å². The predicted molar refractivity (Wildman–Crippen MR) is 61.8 cm³/mol. The fourth-order valence-electron chi connectivity index (χ4n) is 1.39. The highest BCUT2D eigenvalue weighted by atomic mass is 16.5. The van der Waals surface area contributed by atoms with Crippen LogP contribution >= 0.6 is 0 Å². The van der Waals surface area contributed by atoms with Crippen LogP contribution in [-0.4, -0.2) is 49.2 Å². The Labute approximate surface area is 104 Å². The van der Waals surface area contributed by atoms with Crippen LogP contribution < -0.4 is 10.6 Å². The first-order valence-electron chi connectivity index (χ1n) is 5.45.